The second-order valence-corrected chi connectivity index (χ2v) is 3.76. The molecule has 0 saturated heterocycles. The minimum Gasteiger partial charge on any atom is -0.491 e. The monoisotopic (exact) mass is 229 g/mol. The van der Waals surface area contributed by atoms with E-state index in [0.717, 1.165) is 16.5 Å². The minimum atomic E-state index is -0.269. The Balaban J connectivity index is 2.21. The summed E-state index contributed by atoms with van der Waals surface area (Å²) in [5, 5.41) is 11.0. The quantitative estimate of drug-likeness (QED) is 0.612. The third-order valence-corrected chi connectivity index (χ3v) is 2.62. The van der Waals surface area contributed by atoms with E-state index in [2.05, 4.69) is 12.1 Å². The molecule has 0 saturated carbocycles. The number of ether oxygens (including phenoxy) is 1. The molecular formula is C14H15NO2. The average Bonchev–Trinajstić information content (AvgIpc) is 2.40. The molecule has 0 heterocycles. The van der Waals surface area contributed by atoms with E-state index in [1.165, 1.54) is 0 Å². The lowest BCUT2D eigenvalue weighted by Crippen LogP contribution is -2.29. The van der Waals surface area contributed by atoms with E-state index in [0.29, 0.717) is 6.61 Å². The topological polar surface area (TPSA) is 41.5 Å². The maximum atomic E-state index is 8.82. The molecule has 2 aromatic rings. The van der Waals surface area contributed by atoms with Crippen molar-refractivity contribution in [2.45, 2.75) is 6.04 Å². The Morgan fingerprint density at radius 3 is 2.76 bits per heavy atom. The number of hydroxylamine groups is 1. The van der Waals surface area contributed by atoms with Crippen LogP contribution in [0.15, 0.2) is 55.1 Å². The van der Waals surface area contributed by atoms with Gasteiger partial charge in [0.15, 0.2) is 0 Å². The number of fused-ring (bicyclic) bond motifs is 1. The van der Waals surface area contributed by atoms with Crippen LogP contribution >= 0.6 is 0 Å². The predicted molar refractivity (Wildman–Crippen MR) is 68.4 cm³/mol. The van der Waals surface area contributed by atoms with Crippen LogP contribution in [0, 0.1) is 0 Å². The zero-order valence-electron chi connectivity index (χ0n) is 9.47. The van der Waals surface area contributed by atoms with Crippen molar-refractivity contribution < 1.29 is 9.94 Å². The highest BCUT2D eigenvalue weighted by Gasteiger charge is 2.05. The van der Waals surface area contributed by atoms with Crippen LogP contribution in [-0.4, -0.2) is 17.9 Å². The molecule has 0 bridgehead atoms. The maximum absolute atomic E-state index is 8.82. The molecule has 3 nitrogen and oxygen atoms in total. The van der Waals surface area contributed by atoms with Gasteiger partial charge in [-0.15, -0.1) is 6.58 Å². The Morgan fingerprint density at radius 2 is 2.00 bits per heavy atom. The summed E-state index contributed by atoms with van der Waals surface area (Å²) in [5.41, 5.74) is 2.13. The van der Waals surface area contributed by atoms with Crippen LogP contribution in [-0.2, 0) is 0 Å². The first-order valence-electron chi connectivity index (χ1n) is 5.48. The van der Waals surface area contributed by atoms with Gasteiger partial charge in [0.25, 0.3) is 0 Å². The molecule has 3 heteroatoms. The third-order valence-electron chi connectivity index (χ3n) is 2.62. The van der Waals surface area contributed by atoms with Crippen LogP contribution in [0.1, 0.15) is 0 Å². The molecule has 1 unspecified atom stereocenters. The number of nitrogens with one attached hydrogen (secondary N) is 1. The summed E-state index contributed by atoms with van der Waals surface area (Å²) in [7, 11) is 0. The van der Waals surface area contributed by atoms with Crippen LogP contribution in [0.5, 0.6) is 5.75 Å². The van der Waals surface area contributed by atoms with E-state index in [-0.39, 0.29) is 6.04 Å². The van der Waals surface area contributed by atoms with E-state index >= 15 is 0 Å². The molecule has 1 atom stereocenters. The molecular weight excluding hydrogens is 214 g/mol. The van der Waals surface area contributed by atoms with Gasteiger partial charge in [-0.05, 0) is 11.5 Å². The fourth-order valence-electron chi connectivity index (χ4n) is 1.66. The smallest absolute Gasteiger partial charge is 0.127 e. The highest BCUT2D eigenvalue weighted by atomic mass is 16.5. The summed E-state index contributed by atoms with van der Waals surface area (Å²) < 4.78 is 5.67. The van der Waals surface area contributed by atoms with Crippen molar-refractivity contribution in [3.63, 3.8) is 0 Å². The van der Waals surface area contributed by atoms with Gasteiger partial charge >= 0.3 is 0 Å². The van der Waals surface area contributed by atoms with Crippen molar-refractivity contribution in [2.75, 3.05) is 6.61 Å². The summed E-state index contributed by atoms with van der Waals surface area (Å²) in [6, 6.07) is 13.7. The largest absolute Gasteiger partial charge is 0.491 e. The van der Waals surface area contributed by atoms with Crippen molar-refractivity contribution in [3.05, 3.63) is 55.1 Å². The highest BCUT2D eigenvalue weighted by Crippen LogP contribution is 2.25. The first-order valence-corrected chi connectivity index (χ1v) is 5.48. The standard InChI is InChI=1S/C14H15NO2/c1-2-12(15-16)10-17-14-9-5-7-11-6-3-4-8-13(11)14/h2-9,12,15-16H,1,10H2. The molecule has 0 amide bonds. The van der Waals surface area contributed by atoms with Gasteiger partial charge in [0, 0.05) is 5.39 Å². The Kier molecular flexibility index (Phi) is 3.75. The molecule has 88 valence electrons. The van der Waals surface area contributed by atoms with Crippen LogP contribution in [0.2, 0.25) is 0 Å². The van der Waals surface area contributed by atoms with E-state index in [9.17, 15) is 0 Å². The summed E-state index contributed by atoms with van der Waals surface area (Å²) in [5.74, 6) is 0.810. The maximum Gasteiger partial charge on any atom is 0.127 e. The first kappa shape index (κ1) is 11.6. The lowest BCUT2D eigenvalue weighted by Gasteiger charge is -2.13. The lowest BCUT2D eigenvalue weighted by molar-refractivity contribution is 0.117. The van der Waals surface area contributed by atoms with Crippen molar-refractivity contribution in [1.29, 1.82) is 0 Å². The summed E-state index contributed by atoms with van der Waals surface area (Å²) in [6.45, 7) is 3.95. The Labute approximate surface area is 100 Å². The van der Waals surface area contributed by atoms with Gasteiger partial charge in [-0.25, -0.2) is 0 Å². The SMILES string of the molecule is C=CC(COc1cccc2ccccc12)NO. The zero-order chi connectivity index (χ0) is 12.1. The summed E-state index contributed by atoms with van der Waals surface area (Å²) in [6.07, 6.45) is 1.60. The molecule has 2 rings (SSSR count). The highest BCUT2D eigenvalue weighted by molar-refractivity contribution is 5.88. The number of hydrogen-bond acceptors (Lipinski definition) is 3. The fraction of sp³-hybridized carbons (Fsp3) is 0.143. The van der Waals surface area contributed by atoms with Gasteiger partial charge in [0.2, 0.25) is 0 Å². The number of benzene rings is 2. The molecule has 17 heavy (non-hydrogen) atoms. The lowest BCUT2D eigenvalue weighted by atomic mass is 10.1. The van der Waals surface area contributed by atoms with Crippen molar-refractivity contribution in [1.82, 2.24) is 5.48 Å². The molecule has 0 spiro atoms. The molecule has 0 aliphatic heterocycles. The third kappa shape index (κ3) is 2.64. The second-order valence-electron chi connectivity index (χ2n) is 3.76. The van der Waals surface area contributed by atoms with Gasteiger partial charge < -0.3 is 9.94 Å². The molecule has 0 aliphatic rings. The van der Waals surface area contributed by atoms with E-state index < -0.39 is 0 Å². The van der Waals surface area contributed by atoms with Gasteiger partial charge in [0.05, 0.1) is 6.04 Å². The molecule has 0 aromatic heterocycles. The van der Waals surface area contributed by atoms with Gasteiger partial charge in [-0.3, -0.25) is 0 Å². The molecule has 2 N–H and O–H groups in total. The normalized spacial score (nSPS) is 12.3. The van der Waals surface area contributed by atoms with Crippen LogP contribution < -0.4 is 10.2 Å². The second kappa shape index (κ2) is 5.48. The minimum absolute atomic E-state index is 0.269. The van der Waals surface area contributed by atoms with Crippen molar-refractivity contribution >= 4 is 10.8 Å². The zero-order valence-corrected chi connectivity index (χ0v) is 9.47. The summed E-state index contributed by atoms with van der Waals surface area (Å²) in [4.78, 5) is 0. The fourth-order valence-corrected chi connectivity index (χ4v) is 1.66. The Hall–Kier alpha value is -1.84. The van der Waals surface area contributed by atoms with Crippen molar-refractivity contribution in [3.8, 4) is 5.75 Å². The number of hydrogen-bond donors (Lipinski definition) is 2. The van der Waals surface area contributed by atoms with Crippen LogP contribution in [0.4, 0.5) is 0 Å². The predicted octanol–water partition coefficient (Wildman–Crippen LogP) is 2.75. The van der Waals surface area contributed by atoms with Crippen molar-refractivity contribution in [2.24, 2.45) is 0 Å². The molecule has 0 aliphatic carbocycles. The van der Waals surface area contributed by atoms with Crippen LogP contribution in [0.25, 0.3) is 10.8 Å². The van der Waals surface area contributed by atoms with E-state index in [1.54, 1.807) is 6.08 Å². The summed E-state index contributed by atoms with van der Waals surface area (Å²) >= 11 is 0. The Morgan fingerprint density at radius 1 is 1.24 bits per heavy atom. The molecule has 0 fully saturated rings. The van der Waals surface area contributed by atoms with Gasteiger partial charge in [-0.2, -0.15) is 5.48 Å². The first-order chi connectivity index (χ1) is 8.35. The number of rotatable bonds is 5. The van der Waals surface area contributed by atoms with Gasteiger partial charge in [0.1, 0.15) is 12.4 Å². The van der Waals surface area contributed by atoms with E-state index in [1.807, 2.05) is 42.5 Å². The van der Waals surface area contributed by atoms with E-state index in [4.69, 9.17) is 9.94 Å². The average molecular weight is 229 g/mol. The van der Waals surface area contributed by atoms with Gasteiger partial charge in [-0.1, -0.05) is 42.5 Å². The van der Waals surface area contributed by atoms with Crippen LogP contribution in [0.3, 0.4) is 0 Å². The molecule has 0 radical (unpaired) electrons. The Bertz CT molecular complexity index is 505. The molecule has 2 aromatic carbocycles.